The summed E-state index contributed by atoms with van der Waals surface area (Å²) in [7, 11) is -3.81. The topological polar surface area (TPSA) is 104 Å². The second-order valence-corrected chi connectivity index (χ2v) is 6.81. The zero-order valence-corrected chi connectivity index (χ0v) is 15.2. The zero-order valence-electron chi connectivity index (χ0n) is 13.5. The number of carboxylic acid groups (broad SMARTS) is 1. The molecule has 0 heterocycles. The van der Waals surface area contributed by atoms with Gasteiger partial charge in [0.2, 0.25) is 0 Å². The summed E-state index contributed by atoms with van der Waals surface area (Å²) in [5.74, 6) is -2.28. The Labute approximate surface area is 156 Å². The molecule has 7 nitrogen and oxygen atoms in total. The number of halogens is 3. The van der Waals surface area contributed by atoms with Gasteiger partial charge in [-0.15, -0.1) is 0 Å². The van der Waals surface area contributed by atoms with E-state index in [1.54, 1.807) is 0 Å². The quantitative estimate of drug-likeness (QED) is 0.559. The molecule has 0 amide bonds. The molecule has 0 aliphatic rings. The molecule has 0 saturated carbocycles. The van der Waals surface area contributed by atoms with Crippen LogP contribution in [0.3, 0.4) is 0 Å². The molecule has 2 aromatic rings. The molecule has 0 aliphatic carbocycles. The van der Waals surface area contributed by atoms with Crippen molar-refractivity contribution in [1.29, 1.82) is 0 Å². The predicted molar refractivity (Wildman–Crippen MR) is 93.1 cm³/mol. The van der Waals surface area contributed by atoms with Crippen LogP contribution < -0.4 is 4.18 Å². The lowest BCUT2D eigenvalue weighted by Crippen LogP contribution is -2.31. The third-order valence-corrected chi connectivity index (χ3v) is 4.37. The number of rotatable bonds is 5. The van der Waals surface area contributed by atoms with Crippen molar-refractivity contribution in [3.05, 3.63) is 41.5 Å². The second-order valence-electron chi connectivity index (χ2n) is 5.40. The summed E-state index contributed by atoms with van der Waals surface area (Å²) >= 11 is 5.16. The van der Waals surface area contributed by atoms with Gasteiger partial charge in [-0.05, 0) is 22.9 Å². The first-order valence-corrected chi connectivity index (χ1v) is 8.85. The predicted octanol–water partition coefficient (Wildman–Crippen LogP) is 2.73. The monoisotopic (exact) mass is 423 g/mol. The van der Waals surface area contributed by atoms with Crippen LogP contribution in [0.1, 0.15) is 11.1 Å². The highest BCUT2D eigenvalue weighted by Crippen LogP contribution is 2.42. The third-order valence-electron chi connectivity index (χ3n) is 3.45. The number of alkyl halides is 3. The molecule has 2 aromatic carbocycles. The van der Waals surface area contributed by atoms with Gasteiger partial charge in [-0.3, -0.25) is 9.35 Å². The van der Waals surface area contributed by atoms with Crippen LogP contribution in [0.2, 0.25) is 0 Å². The summed E-state index contributed by atoms with van der Waals surface area (Å²) < 4.78 is 75.1. The van der Waals surface area contributed by atoms with E-state index in [0.29, 0.717) is 0 Å². The molecule has 0 saturated heterocycles. The van der Waals surface area contributed by atoms with Gasteiger partial charge < -0.3 is 14.2 Å². The first kappa shape index (κ1) is 20.9. The van der Waals surface area contributed by atoms with Crippen LogP contribution >= 0.6 is 12.2 Å². The van der Waals surface area contributed by atoms with Gasteiger partial charge in [0.15, 0.2) is 5.75 Å². The van der Waals surface area contributed by atoms with Crippen LogP contribution in [0, 0.1) is 0 Å². The van der Waals surface area contributed by atoms with Gasteiger partial charge in [-0.2, -0.15) is 21.6 Å². The van der Waals surface area contributed by atoms with E-state index in [1.807, 2.05) is 0 Å². The Morgan fingerprint density at radius 2 is 1.85 bits per heavy atom. The first-order chi connectivity index (χ1) is 12.3. The maximum Gasteiger partial charge on any atom is 0.446 e. The van der Waals surface area contributed by atoms with Gasteiger partial charge in [0.05, 0.1) is 0 Å². The molecule has 2 N–H and O–H groups in total. The molecular weight excluding hydrogens is 411 g/mol. The van der Waals surface area contributed by atoms with Gasteiger partial charge in [0.25, 0.3) is 0 Å². The van der Waals surface area contributed by atoms with E-state index < -0.39 is 45.8 Å². The van der Waals surface area contributed by atoms with Crippen LogP contribution in [0.25, 0.3) is 10.8 Å². The van der Waals surface area contributed by atoms with E-state index in [1.165, 1.54) is 24.1 Å². The minimum Gasteiger partial charge on any atom is -0.480 e. The van der Waals surface area contributed by atoms with Crippen molar-refractivity contribution in [2.45, 2.75) is 6.18 Å². The number of carbonyl (C=O) groups is 1. The number of aliphatic carboxylic acids is 1. The molecule has 0 unspecified atom stereocenters. The van der Waals surface area contributed by atoms with Gasteiger partial charge in [-0.1, -0.05) is 30.4 Å². The van der Waals surface area contributed by atoms with Crippen molar-refractivity contribution in [3.63, 3.8) is 0 Å². The number of benzene rings is 2. The van der Waals surface area contributed by atoms with Crippen LogP contribution in [0.5, 0.6) is 5.75 Å². The highest BCUT2D eigenvalue weighted by Gasteiger charge is 2.38. The maximum atomic E-state index is 13.5. The molecule has 2 rings (SSSR count). The Kier molecular flexibility index (Phi) is 5.63. The molecule has 0 fully saturated rings. The van der Waals surface area contributed by atoms with Crippen LogP contribution in [-0.4, -0.2) is 47.5 Å². The van der Waals surface area contributed by atoms with Crippen molar-refractivity contribution in [3.8, 4) is 5.75 Å². The fourth-order valence-electron chi connectivity index (χ4n) is 2.48. The number of fused-ring (bicyclic) bond motifs is 1. The van der Waals surface area contributed by atoms with Gasteiger partial charge in [0.1, 0.15) is 17.1 Å². The van der Waals surface area contributed by atoms with Gasteiger partial charge in [0, 0.05) is 12.6 Å². The average Bonchev–Trinajstić information content (AvgIpc) is 2.49. The Balaban J connectivity index is 2.73. The standard InChI is InChI=1S/C15H12F3NO6S2/c1-19(7-12(20)21)14(26)10-4-2-3-9-8(10)5-6-11(25-27(22,23)24)13(9)15(16,17)18/h2-6H,7H2,1H3,(H,20,21)(H,22,23,24). The molecular formula is C15H12F3NO6S2. The number of hydrogen-bond donors (Lipinski definition) is 2. The van der Waals surface area contributed by atoms with Crippen LogP contribution in [0.15, 0.2) is 30.3 Å². The molecule has 27 heavy (non-hydrogen) atoms. The van der Waals surface area contributed by atoms with Crippen LogP contribution in [0.4, 0.5) is 13.2 Å². The summed E-state index contributed by atoms with van der Waals surface area (Å²) in [5.41, 5.74) is -1.27. The SMILES string of the molecule is CN(CC(=O)O)C(=S)c1cccc2c(C(F)(F)F)c(OS(=O)(=O)O)ccc12. The van der Waals surface area contributed by atoms with Crippen molar-refractivity contribution in [2.75, 3.05) is 13.6 Å². The van der Waals surface area contributed by atoms with Gasteiger partial charge >= 0.3 is 22.5 Å². The largest absolute Gasteiger partial charge is 0.480 e. The molecule has 146 valence electrons. The number of hydrogen-bond acceptors (Lipinski definition) is 5. The van der Waals surface area contributed by atoms with Crippen molar-refractivity contribution < 1.29 is 40.2 Å². The minimum absolute atomic E-state index is 0.00903. The molecule has 0 aliphatic heterocycles. The van der Waals surface area contributed by atoms with E-state index in [9.17, 15) is 26.4 Å². The zero-order chi connectivity index (χ0) is 20.6. The van der Waals surface area contributed by atoms with E-state index >= 15 is 0 Å². The number of nitrogens with zero attached hydrogens (tertiary/aromatic N) is 1. The average molecular weight is 423 g/mol. The molecule has 0 spiro atoms. The van der Waals surface area contributed by atoms with Crippen molar-refractivity contribution >= 4 is 44.3 Å². The molecule has 0 bridgehead atoms. The normalized spacial score (nSPS) is 12.0. The summed E-state index contributed by atoms with van der Waals surface area (Å²) in [6.07, 6.45) is -5.01. The number of carboxylic acids is 1. The second kappa shape index (κ2) is 7.29. The fourth-order valence-corrected chi connectivity index (χ4v) is 3.09. The Morgan fingerprint density at radius 1 is 1.22 bits per heavy atom. The highest BCUT2D eigenvalue weighted by atomic mass is 32.3. The lowest BCUT2D eigenvalue weighted by molar-refractivity contribution is -0.138. The fraction of sp³-hybridized carbons (Fsp3) is 0.200. The Bertz CT molecular complexity index is 1020. The summed E-state index contributed by atoms with van der Waals surface area (Å²) in [6, 6.07) is 5.62. The maximum absolute atomic E-state index is 13.5. The van der Waals surface area contributed by atoms with E-state index in [2.05, 4.69) is 4.18 Å². The smallest absolute Gasteiger partial charge is 0.446 e. The molecule has 0 atom stereocenters. The lowest BCUT2D eigenvalue weighted by Gasteiger charge is -2.21. The third kappa shape index (κ3) is 4.84. The Morgan fingerprint density at radius 3 is 2.37 bits per heavy atom. The van der Waals surface area contributed by atoms with Gasteiger partial charge in [-0.25, -0.2) is 0 Å². The van der Waals surface area contributed by atoms with Crippen LogP contribution in [-0.2, 0) is 21.4 Å². The highest BCUT2D eigenvalue weighted by molar-refractivity contribution is 7.81. The number of likely N-dealkylation sites (N-methyl/N-ethyl adjacent to an activating group) is 1. The van der Waals surface area contributed by atoms with E-state index in [-0.39, 0.29) is 15.9 Å². The van der Waals surface area contributed by atoms with E-state index in [4.69, 9.17) is 21.9 Å². The van der Waals surface area contributed by atoms with Crippen molar-refractivity contribution in [2.24, 2.45) is 0 Å². The summed E-state index contributed by atoms with van der Waals surface area (Å²) in [4.78, 5) is 12.0. The minimum atomic E-state index is -5.18. The summed E-state index contributed by atoms with van der Waals surface area (Å²) in [5, 5.41) is 8.43. The Hall–Kier alpha value is -2.44. The summed E-state index contributed by atoms with van der Waals surface area (Å²) in [6.45, 7) is -0.467. The first-order valence-electron chi connectivity index (χ1n) is 7.08. The van der Waals surface area contributed by atoms with Crippen molar-refractivity contribution in [1.82, 2.24) is 4.90 Å². The number of thiocarbonyl (C=S) groups is 1. The molecule has 12 heteroatoms. The molecule has 0 radical (unpaired) electrons. The molecule has 0 aromatic heterocycles. The lowest BCUT2D eigenvalue weighted by atomic mass is 9.98. The van der Waals surface area contributed by atoms with E-state index in [0.717, 1.165) is 18.2 Å².